The van der Waals surface area contributed by atoms with Crippen LogP contribution in [0.1, 0.15) is 30.6 Å². The van der Waals surface area contributed by atoms with E-state index in [1.165, 1.54) is 6.42 Å². The van der Waals surface area contributed by atoms with E-state index in [2.05, 4.69) is 18.7 Å². The summed E-state index contributed by atoms with van der Waals surface area (Å²) in [4.78, 5) is 13.6. The van der Waals surface area contributed by atoms with Gasteiger partial charge in [-0.15, -0.1) is 0 Å². The van der Waals surface area contributed by atoms with Gasteiger partial charge >= 0.3 is 0 Å². The Kier molecular flexibility index (Phi) is 4.83. The van der Waals surface area contributed by atoms with E-state index in [1.807, 2.05) is 35.0 Å². The highest BCUT2D eigenvalue weighted by molar-refractivity contribution is 5.97. The zero-order valence-corrected chi connectivity index (χ0v) is 14.0. The molecule has 1 fully saturated rings. The predicted molar refractivity (Wildman–Crippen MR) is 92.7 cm³/mol. The number of nitrogens with zero attached hydrogens (tertiary/aromatic N) is 2. The number of β-amino-alcohol motifs (C(OH)–C–C–N with tert-alkyl or cyclic N) is 1. The van der Waals surface area contributed by atoms with Crippen LogP contribution in [-0.2, 0) is 6.54 Å². The quantitative estimate of drug-likeness (QED) is 0.863. The molecule has 1 N–H and O–H groups in total. The Morgan fingerprint density at radius 2 is 1.91 bits per heavy atom. The van der Waals surface area contributed by atoms with E-state index >= 15 is 0 Å². The van der Waals surface area contributed by atoms with Gasteiger partial charge in [0.25, 0.3) is 0 Å². The van der Waals surface area contributed by atoms with Gasteiger partial charge in [-0.2, -0.15) is 0 Å². The first-order chi connectivity index (χ1) is 11.1. The number of rotatable bonds is 5. The fraction of sp³-hybridized carbons (Fsp3) is 0.526. The molecule has 3 rings (SSSR count). The molecule has 1 aliphatic heterocycles. The molecule has 1 saturated heterocycles. The summed E-state index contributed by atoms with van der Waals surface area (Å²) in [5.41, 5.74) is 1.70. The maximum atomic E-state index is 11.2. The number of aliphatic hydroxyl groups excluding tert-OH is 1. The molecule has 4 heteroatoms. The molecule has 1 aliphatic rings. The van der Waals surface area contributed by atoms with Gasteiger partial charge in [0.2, 0.25) is 0 Å². The Hall–Kier alpha value is -1.65. The van der Waals surface area contributed by atoms with Crippen molar-refractivity contribution in [2.24, 2.45) is 11.8 Å². The lowest BCUT2D eigenvalue weighted by Crippen LogP contribution is -2.43. The van der Waals surface area contributed by atoms with Crippen LogP contribution in [0.2, 0.25) is 0 Å². The monoisotopic (exact) mass is 314 g/mol. The number of carbonyl (C=O) groups is 1. The average Bonchev–Trinajstić information content (AvgIpc) is 2.84. The molecule has 3 atom stereocenters. The Morgan fingerprint density at radius 1 is 1.22 bits per heavy atom. The van der Waals surface area contributed by atoms with Gasteiger partial charge in [0.1, 0.15) is 0 Å². The molecule has 124 valence electrons. The van der Waals surface area contributed by atoms with Crippen molar-refractivity contribution in [3.8, 4) is 0 Å². The molecule has 1 aromatic carbocycles. The molecule has 0 saturated carbocycles. The molecule has 0 bridgehead atoms. The largest absolute Gasteiger partial charge is 0.390 e. The average molecular weight is 314 g/mol. The summed E-state index contributed by atoms with van der Waals surface area (Å²) in [7, 11) is 0. The van der Waals surface area contributed by atoms with E-state index < -0.39 is 6.10 Å². The second-order valence-corrected chi connectivity index (χ2v) is 7.19. The number of aldehydes is 1. The standard InChI is InChI=1S/C19H26N2O2/c1-14-7-15(2)9-20(8-14)11-17(23)12-21-10-16(13-22)18-5-3-4-6-19(18)21/h3-6,10,13-15,17,23H,7-9,11-12H2,1-2H3/t14-,15-,17-/m0/s1. The van der Waals surface area contributed by atoms with Gasteiger partial charge in [-0.1, -0.05) is 32.0 Å². The predicted octanol–water partition coefficient (Wildman–Crippen LogP) is 2.79. The molecular formula is C19H26N2O2. The summed E-state index contributed by atoms with van der Waals surface area (Å²) in [5.74, 6) is 1.39. The number of likely N-dealkylation sites (tertiary alicyclic amines) is 1. The molecule has 23 heavy (non-hydrogen) atoms. The number of piperidine rings is 1. The first kappa shape index (κ1) is 16.2. The molecule has 0 spiro atoms. The third kappa shape index (κ3) is 3.65. The van der Waals surface area contributed by atoms with Gasteiger partial charge < -0.3 is 14.6 Å². The zero-order chi connectivity index (χ0) is 16.4. The second-order valence-electron chi connectivity index (χ2n) is 7.19. The Balaban J connectivity index is 1.70. The van der Waals surface area contributed by atoms with Gasteiger partial charge in [-0.05, 0) is 24.3 Å². The molecular weight excluding hydrogens is 288 g/mol. The van der Waals surface area contributed by atoms with Crippen LogP contribution in [0.3, 0.4) is 0 Å². The van der Waals surface area contributed by atoms with Crippen LogP contribution in [0.15, 0.2) is 30.5 Å². The van der Waals surface area contributed by atoms with Crippen LogP contribution in [0.5, 0.6) is 0 Å². The first-order valence-electron chi connectivity index (χ1n) is 8.50. The normalized spacial score (nSPS) is 24.0. The van der Waals surface area contributed by atoms with Crippen molar-refractivity contribution < 1.29 is 9.90 Å². The number of hydrogen-bond acceptors (Lipinski definition) is 3. The van der Waals surface area contributed by atoms with E-state index in [0.29, 0.717) is 30.5 Å². The van der Waals surface area contributed by atoms with Crippen molar-refractivity contribution in [1.82, 2.24) is 9.47 Å². The summed E-state index contributed by atoms with van der Waals surface area (Å²) in [6.45, 7) is 7.90. The summed E-state index contributed by atoms with van der Waals surface area (Å²) in [5, 5.41) is 11.5. The number of aromatic nitrogens is 1. The molecule has 1 aromatic heterocycles. The minimum Gasteiger partial charge on any atom is -0.390 e. The fourth-order valence-corrected chi connectivity index (χ4v) is 4.04. The SMILES string of the molecule is C[C@H]1C[C@H](C)CN(C[C@H](O)Cn2cc(C=O)c3ccccc32)C1. The van der Waals surface area contributed by atoms with E-state index in [-0.39, 0.29) is 0 Å². The second kappa shape index (κ2) is 6.85. The fourth-order valence-electron chi connectivity index (χ4n) is 4.04. The maximum absolute atomic E-state index is 11.2. The highest BCUT2D eigenvalue weighted by Gasteiger charge is 2.23. The molecule has 0 amide bonds. The number of fused-ring (bicyclic) bond motifs is 1. The lowest BCUT2D eigenvalue weighted by molar-refractivity contribution is 0.0620. The Labute approximate surface area is 137 Å². The van der Waals surface area contributed by atoms with Gasteiger partial charge in [-0.25, -0.2) is 0 Å². The van der Waals surface area contributed by atoms with Crippen molar-refractivity contribution in [2.45, 2.75) is 32.9 Å². The van der Waals surface area contributed by atoms with Crippen molar-refractivity contribution in [2.75, 3.05) is 19.6 Å². The topological polar surface area (TPSA) is 45.5 Å². The molecule has 0 radical (unpaired) electrons. The smallest absolute Gasteiger partial charge is 0.152 e. The van der Waals surface area contributed by atoms with Gasteiger partial charge in [0.05, 0.1) is 6.10 Å². The highest BCUT2D eigenvalue weighted by atomic mass is 16.3. The van der Waals surface area contributed by atoms with Crippen LogP contribution < -0.4 is 0 Å². The van der Waals surface area contributed by atoms with E-state index in [9.17, 15) is 9.90 Å². The number of carbonyl (C=O) groups excluding carboxylic acids is 1. The third-order valence-corrected chi connectivity index (χ3v) is 4.77. The lowest BCUT2D eigenvalue weighted by Gasteiger charge is -2.36. The van der Waals surface area contributed by atoms with Gasteiger partial charge in [-0.3, -0.25) is 4.79 Å². The van der Waals surface area contributed by atoms with Crippen LogP contribution >= 0.6 is 0 Å². The number of hydrogen-bond donors (Lipinski definition) is 1. The van der Waals surface area contributed by atoms with Crippen LogP contribution in [-0.4, -0.2) is 46.6 Å². The molecule has 0 unspecified atom stereocenters. The summed E-state index contributed by atoms with van der Waals surface area (Å²) < 4.78 is 2.00. The number of aliphatic hydroxyl groups is 1. The number of para-hydroxylation sites is 1. The third-order valence-electron chi connectivity index (χ3n) is 4.77. The van der Waals surface area contributed by atoms with Gasteiger partial charge in [0.15, 0.2) is 6.29 Å². The molecule has 0 aliphatic carbocycles. The van der Waals surface area contributed by atoms with E-state index in [4.69, 9.17) is 0 Å². The van der Waals surface area contributed by atoms with E-state index in [1.54, 1.807) is 0 Å². The van der Waals surface area contributed by atoms with Crippen molar-refractivity contribution in [3.05, 3.63) is 36.0 Å². The van der Waals surface area contributed by atoms with Crippen molar-refractivity contribution in [3.63, 3.8) is 0 Å². The molecule has 4 nitrogen and oxygen atoms in total. The Bertz CT molecular complexity index is 669. The van der Waals surface area contributed by atoms with Gasteiger partial charge in [0, 0.05) is 48.8 Å². The summed E-state index contributed by atoms with van der Waals surface area (Å²) in [6, 6.07) is 7.86. The maximum Gasteiger partial charge on any atom is 0.152 e. The van der Waals surface area contributed by atoms with Crippen LogP contribution in [0, 0.1) is 11.8 Å². The Morgan fingerprint density at radius 3 is 2.61 bits per heavy atom. The minimum atomic E-state index is -0.428. The highest BCUT2D eigenvalue weighted by Crippen LogP contribution is 2.22. The molecule has 2 heterocycles. The van der Waals surface area contributed by atoms with Crippen LogP contribution in [0.4, 0.5) is 0 Å². The van der Waals surface area contributed by atoms with E-state index in [0.717, 1.165) is 30.3 Å². The number of benzene rings is 1. The minimum absolute atomic E-state index is 0.428. The zero-order valence-electron chi connectivity index (χ0n) is 14.0. The van der Waals surface area contributed by atoms with Crippen molar-refractivity contribution >= 4 is 17.2 Å². The first-order valence-corrected chi connectivity index (χ1v) is 8.50. The molecule has 2 aromatic rings. The van der Waals surface area contributed by atoms with Crippen molar-refractivity contribution in [1.29, 1.82) is 0 Å². The summed E-state index contributed by atoms with van der Waals surface area (Å²) in [6.07, 6.45) is 3.59. The van der Waals surface area contributed by atoms with Crippen LogP contribution in [0.25, 0.3) is 10.9 Å². The summed E-state index contributed by atoms with van der Waals surface area (Å²) >= 11 is 0. The lowest BCUT2D eigenvalue weighted by atomic mass is 9.92.